The van der Waals surface area contributed by atoms with Crippen molar-refractivity contribution in [2.45, 2.75) is 72.3 Å². The maximum atomic E-state index is 11.9. The Balaban J connectivity index is 4.42. The van der Waals surface area contributed by atoms with Gasteiger partial charge in [0.15, 0.2) is 0 Å². The summed E-state index contributed by atoms with van der Waals surface area (Å²) in [5, 5.41) is 10.2. The summed E-state index contributed by atoms with van der Waals surface area (Å²) >= 11 is 0. The van der Waals surface area contributed by atoms with Gasteiger partial charge in [0.2, 0.25) is 5.91 Å². The Morgan fingerprint density at radius 2 is 1.75 bits per heavy atom. The molecule has 0 rings (SSSR count). The number of nitrogens with zero attached hydrogens (tertiary/aromatic N) is 1. The van der Waals surface area contributed by atoms with Crippen LogP contribution in [-0.4, -0.2) is 28.0 Å². The minimum atomic E-state index is -1.02. The highest BCUT2D eigenvalue weighted by Crippen LogP contribution is 2.17. The SMILES string of the molecule is CCCCC(C)CCC(C(=O)O)N(N)C(=O)CC(C)C. The molecule has 0 saturated carbocycles. The summed E-state index contributed by atoms with van der Waals surface area (Å²) in [5.41, 5.74) is 0. The van der Waals surface area contributed by atoms with Crippen molar-refractivity contribution >= 4 is 11.9 Å². The standard InChI is InChI=1S/C15H30N2O3/c1-5-6-7-12(4)8-9-13(15(19)20)17(16)14(18)10-11(2)3/h11-13H,5-10,16H2,1-4H3,(H,19,20). The van der Waals surface area contributed by atoms with Gasteiger partial charge in [-0.3, -0.25) is 9.80 Å². The predicted molar refractivity (Wildman–Crippen MR) is 79.8 cm³/mol. The van der Waals surface area contributed by atoms with Gasteiger partial charge in [-0.2, -0.15) is 0 Å². The molecular weight excluding hydrogens is 256 g/mol. The number of carbonyl (C=O) groups is 2. The van der Waals surface area contributed by atoms with Crippen molar-refractivity contribution < 1.29 is 14.7 Å². The molecule has 0 spiro atoms. The summed E-state index contributed by atoms with van der Waals surface area (Å²) in [6.07, 6.45) is 4.86. The molecule has 0 aliphatic heterocycles. The van der Waals surface area contributed by atoms with Crippen LogP contribution in [0.15, 0.2) is 0 Å². The molecule has 2 atom stereocenters. The van der Waals surface area contributed by atoms with Gasteiger partial charge in [-0.15, -0.1) is 0 Å². The second-order valence-corrected chi connectivity index (χ2v) is 6.08. The number of amides is 1. The van der Waals surface area contributed by atoms with Crippen LogP contribution in [0.5, 0.6) is 0 Å². The lowest BCUT2D eigenvalue weighted by atomic mass is 9.96. The molecule has 0 aliphatic rings. The quantitative estimate of drug-likeness (QED) is 0.367. The van der Waals surface area contributed by atoms with Crippen LogP contribution < -0.4 is 5.84 Å². The van der Waals surface area contributed by atoms with E-state index in [1.165, 1.54) is 0 Å². The number of rotatable bonds is 10. The number of carboxylic acids is 1. The Hall–Kier alpha value is -1.10. The van der Waals surface area contributed by atoms with Gasteiger partial charge in [-0.05, 0) is 24.7 Å². The van der Waals surface area contributed by atoms with E-state index in [-0.39, 0.29) is 18.2 Å². The number of aliphatic carboxylic acids is 1. The van der Waals surface area contributed by atoms with Crippen molar-refractivity contribution in [3.05, 3.63) is 0 Å². The van der Waals surface area contributed by atoms with E-state index >= 15 is 0 Å². The molecule has 0 aromatic heterocycles. The monoisotopic (exact) mass is 286 g/mol. The Kier molecular flexibility index (Phi) is 9.21. The van der Waals surface area contributed by atoms with Gasteiger partial charge in [0.05, 0.1) is 0 Å². The number of hydrogen-bond donors (Lipinski definition) is 2. The van der Waals surface area contributed by atoms with E-state index in [2.05, 4.69) is 13.8 Å². The molecule has 0 aliphatic carbocycles. The molecule has 1 amide bonds. The summed E-state index contributed by atoms with van der Waals surface area (Å²) in [7, 11) is 0. The number of carbonyl (C=O) groups excluding carboxylic acids is 1. The third kappa shape index (κ3) is 7.48. The van der Waals surface area contributed by atoms with E-state index < -0.39 is 12.0 Å². The Labute approximate surface area is 122 Å². The van der Waals surface area contributed by atoms with Gasteiger partial charge in [0.25, 0.3) is 0 Å². The molecular formula is C15H30N2O3. The first kappa shape index (κ1) is 18.9. The molecule has 0 heterocycles. The maximum Gasteiger partial charge on any atom is 0.328 e. The van der Waals surface area contributed by atoms with Crippen molar-refractivity contribution in [2.24, 2.45) is 17.7 Å². The van der Waals surface area contributed by atoms with Crippen LogP contribution in [0.3, 0.4) is 0 Å². The average molecular weight is 286 g/mol. The van der Waals surface area contributed by atoms with Crippen LogP contribution in [-0.2, 0) is 9.59 Å². The number of nitrogens with two attached hydrogens (primary N) is 1. The van der Waals surface area contributed by atoms with Crippen LogP contribution in [0.25, 0.3) is 0 Å². The largest absolute Gasteiger partial charge is 0.480 e. The fourth-order valence-electron chi connectivity index (χ4n) is 2.15. The van der Waals surface area contributed by atoms with Crippen LogP contribution in [0.4, 0.5) is 0 Å². The molecule has 0 aromatic rings. The molecule has 5 heteroatoms. The van der Waals surface area contributed by atoms with E-state index in [0.717, 1.165) is 30.7 Å². The van der Waals surface area contributed by atoms with Crippen molar-refractivity contribution in [1.29, 1.82) is 0 Å². The third-order valence-electron chi connectivity index (χ3n) is 3.48. The van der Waals surface area contributed by atoms with E-state index in [9.17, 15) is 14.7 Å². The second kappa shape index (κ2) is 9.75. The van der Waals surface area contributed by atoms with Crippen LogP contribution in [0, 0.1) is 11.8 Å². The molecule has 0 bridgehead atoms. The lowest BCUT2D eigenvalue weighted by Gasteiger charge is -2.25. The van der Waals surface area contributed by atoms with Crippen molar-refractivity contribution in [1.82, 2.24) is 5.01 Å². The van der Waals surface area contributed by atoms with E-state index in [1.54, 1.807) is 0 Å². The summed E-state index contributed by atoms with van der Waals surface area (Å²) in [6.45, 7) is 8.08. The third-order valence-corrected chi connectivity index (χ3v) is 3.48. The van der Waals surface area contributed by atoms with Gasteiger partial charge in [0, 0.05) is 6.42 Å². The molecule has 0 radical (unpaired) electrons. The summed E-state index contributed by atoms with van der Waals surface area (Å²) in [4.78, 5) is 23.1. The molecule has 118 valence electrons. The minimum Gasteiger partial charge on any atom is -0.480 e. The van der Waals surface area contributed by atoms with Crippen molar-refractivity contribution in [3.63, 3.8) is 0 Å². The Morgan fingerprint density at radius 1 is 1.15 bits per heavy atom. The van der Waals surface area contributed by atoms with Gasteiger partial charge in [0.1, 0.15) is 6.04 Å². The van der Waals surface area contributed by atoms with E-state index in [1.807, 2.05) is 13.8 Å². The zero-order valence-corrected chi connectivity index (χ0v) is 13.3. The highest BCUT2D eigenvalue weighted by Gasteiger charge is 2.27. The van der Waals surface area contributed by atoms with Crippen LogP contribution in [0.1, 0.15) is 66.2 Å². The maximum absolute atomic E-state index is 11.9. The Bertz CT molecular complexity index is 305. The predicted octanol–water partition coefficient (Wildman–Crippen LogP) is 2.79. The first-order valence-corrected chi connectivity index (χ1v) is 7.59. The topological polar surface area (TPSA) is 83.6 Å². The molecule has 5 nitrogen and oxygen atoms in total. The number of hydrogen-bond acceptors (Lipinski definition) is 3. The molecule has 0 fully saturated rings. The normalized spacial score (nSPS) is 14.1. The average Bonchev–Trinajstić information content (AvgIpc) is 2.34. The zero-order chi connectivity index (χ0) is 15.7. The summed E-state index contributed by atoms with van der Waals surface area (Å²) < 4.78 is 0. The molecule has 3 N–H and O–H groups in total. The molecule has 20 heavy (non-hydrogen) atoms. The van der Waals surface area contributed by atoms with Gasteiger partial charge >= 0.3 is 5.97 Å². The Morgan fingerprint density at radius 3 is 2.20 bits per heavy atom. The second-order valence-electron chi connectivity index (χ2n) is 6.08. The first-order chi connectivity index (χ1) is 9.29. The number of carboxylic acid groups (broad SMARTS) is 1. The first-order valence-electron chi connectivity index (χ1n) is 7.59. The zero-order valence-electron chi connectivity index (χ0n) is 13.3. The van der Waals surface area contributed by atoms with Crippen molar-refractivity contribution in [2.75, 3.05) is 0 Å². The molecule has 0 aromatic carbocycles. The van der Waals surface area contributed by atoms with Gasteiger partial charge < -0.3 is 5.11 Å². The number of hydrazine groups is 1. The number of unbranched alkanes of at least 4 members (excludes halogenated alkanes) is 1. The lowest BCUT2D eigenvalue weighted by Crippen LogP contribution is -2.50. The summed E-state index contributed by atoms with van der Waals surface area (Å²) in [5.74, 6) is 5.02. The highest BCUT2D eigenvalue weighted by atomic mass is 16.4. The lowest BCUT2D eigenvalue weighted by molar-refractivity contribution is -0.151. The van der Waals surface area contributed by atoms with E-state index in [0.29, 0.717) is 12.3 Å². The molecule has 2 unspecified atom stereocenters. The van der Waals surface area contributed by atoms with Crippen LogP contribution >= 0.6 is 0 Å². The fourth-order valence-corrected chi connectivity index (χ4v) is 2.15. The van der Waals surface area contributed by atoms with Gasteiger partial charge in [-0.25, -0.2) is 10.6 Å². The minimum absolute atomic E-state index is 0.173. The van der Waals surface area contributed by atoms with Gasteiger partial charge in [-0.1, -0.05) is 47.0 Å². The van der Waals surface area contributed by atoms with E-state index in [4.69, 9.17) is 5.84 Å². The highest BCUT2D eigenvalue weighted by molar-refractivity contribution is 5.83. The smallest absolute Gasteiger partial charge is 0.328 e. The summed E-state index contributed by atoms with van der Waals surface area (Å²) in [6, 6.07) is -0.912. The molecule has 0 saturated heterocycles. The van der Waals surface area contributed by atoms with Crippen LogP contribution in [0.2, 0.25) is 0 Å². The fraction of sp³-hybridized carbons (Fsp3) is 0.867. The van der Waals surface area contributed by atoms with Crippen molar-refractivity contribution in [3.8, 4) is 0 Å².